The Hall–Kier alpha value is -2.13. The van der Waals surface area contributed by atoms with Gasteiger partial charge in [-0.2, -0.15) is 0 Å². The highest BCUT2D eigenvalue weighted by molar-refractivity contribution is 7.89. The molecule has 4 N–H and O–H groups in total. The van der Waals surface area contributed by atoms with Crippen LogP contribution in [0.3, 0.4) is 0 Å². The van der Waals surface area contributed by atoms with Crippen LogP contribution in [0.1, 0.15) is 20.8 Å². The molecular weight excluding hydrogens is 310 g/mol. The molecule has 22 heavy (non-hydrogen) atoms. The Labute approximate surface area is 129 Å². The molecule has 2 amide bonds. The third-order valence-corrected chi connectivity index (χ3v) is 3.23. The molecule has 0 saturated carbocycles. The number of benzene rings is 1. The van der Waals surface area contributed by atoms with Crippen molar-refractivity contribution >= 4 is 27.7 Å². The van der Waals surface area contributed by atoms with Gasteiger partial charge in [0.25, 0.3) is 0 Å². The van der Waals surface area contributed by atoms with E-state index in [9.17, 15) is 18.0 Å². The Kier molecular flexibility index (Phi) is 5.50. The second-order valence-corrected chi connectivity index (χ2v) is 6.97. The first-order valence-electron chi connectivity index (χ1n) is 6.37. The number of anilines is 1. The molecule has 0 aliphatic carbocycles. The fourth-order valence-corrected chi connectivity index (χ4v) is 2.17. The third kappa shape index (κ3) is 6.10. The summed E-state index contributed by atoms with van der Waals surface area (Å²) in [7, 11) is -3.96. The van der Waals surface area contributed by atoms with Crippen LogP contribution in [-0.4, -0.2) is 32.6 Å². The number of carbonyl (C=O) groups excluding carboxylic acids is 2. The molecule has 1 aromatic carbocycles. The number of hydrogen-bond acceptors (Lipinski definition) is 5. The summed E-state index contributed by atoms with van der Waals surface area (Å²) in [6.07, 6.45) is -0.748. The van der Waals surface area contributed by atoms with Crippen molar-refractivity contribution in [3.8, 4) is 0 Å². The number of para-hydroxylation sites is 1. The minimum atomic E-state index is -3.96. The number of amides is 2. The molecule has 0 fully saturated rings. The highest BCUT2D eigenvalue weighted by Crippen LogP contribution is 2.18. The first kappa shape index (κ1) is 17.9. The topological polar surface area (TPSA) is 128 Å². The van der Waals surface area contributed by atoms with E-state index in [1.807, 2.05) is 0 Å². The van der Waals surface area contributed by atoms with E-state index in [-0.39, 0.29) is 17.1 Å². The normalized spacial score (nSPS) is 11.6. The van der Waals surface area contributed by atoms with Gasteiger partial charge >= 0.3 is 6.09 Å². The van der Waals surface area contributed by atoms with Crippen molar-refractivity contribution < 1.29 is 22.7 Å². The van der Waals surface area contributed by atoms with Crippen LogP contribution in [0.4, 0.5) is 10.5 Å². The number of nitrogens with one attached hydrogen (secondary N) is 2. The van der Waals surface area contributed by atoms with Crippen LogP contribution in [0.25, 0.3) is 0 Å². The molecule has 122 valence electrons. The van der Waals surface area contributed by atoms with Crippen LogP contribution in [0, 0.1) is 0 Å². The molecule has 8 nitrogen and oxygen atoms in total. The second kappa shape index (κ2) is 6.75. The van der Waals surface area contributed by atoms with E-state index < -0.39 is 27.6 Å². The van der Waals surface area contributed by atoms with E-state index in [2.05, 4.69) is 10.6 Å². The number of hydrogen-bond donors (Lipinski definition) is 3. The molecule has 0 saturated heterocycles. The summed E-state index contributed by atoms with van der Waals surface area (Å²) in [6.45, 7) is 4.70. The number of primary sulfonamides is 1. The molecular formula is C13H19N3O5S. The van der Waals surface area contributed by atoms with Crippen molar-refractivity contribution in [3.05, 3.63) is 24.3 Å². The molecule has 0 spiro atoms. The van der Waals surface area contributed by atoms with Gasteiger partial charge in [0.2, 0.25) is 15.9 Å². The average molecular weight is 329 g/mol. The fraction of sp³-hybridized carbons (Fsp3) is 0.385. The lowest BCUT2D eigenvalue weighted by Crippen LogP contribution is -2.37. The quantitative estimate of drug-likeness (QED) is 0.752. The Balaban J connectivity index is 2.66. The van der Waals surface area contributed by atoms with Gasteiger partial charge in [-0.05, 0) is 32.9 Å². The second-order valence-electron chi connectivity index (χ2n) is 5.44. The van der Waals surface area contributed by atoms with Crippen molar-refractivity contribution in [2.75, 3.05) is 11.9 Å². The minimum absolute atomic E-state index is 0.0426. The van der Waals surface area contributed by atoms with Gasteiger partial charge in [0.05, 0.1) is 5.69 Å². The summed E-state index contributed by atoms with van der Waals surface area (Å²) in [5.41, 5.74) is -0.637. The largest absolute Gasteiger partial charge is 0.444 e. The maximum atomic E-state index is 11.7. The van der Waals surface area contributed by atoms with E-state index in [1.165, 1.54) is 18.2 Å². The van der Waals surface area contributed by atoms with Crippen LogP contribution in [-0.2, 0) is 19.6 Å². The zero-order valence-electron chi connectivity index (χ0n) is 12.5. The zero-order chi connectivity index (χ0) is 17.0. The Morgan fingerprint density at radius 3 is 2.36 bits per heavy atom. The summed E-state index contributed by atoms with van der Waals surface area (Å²) < 4.78 is 27.8. The lowest BCUT2D eigenvalue weighted by molar-refractivity contribution is -0.115. The third-order valence-electron chi connectivity index (χ3n) is 2.26. The zero-order valence-corrected chi connectivity index (χ0v) is 13.4. The van der Waals surface area contributed by atoms with Crippen LogP contribution < -0.4 is 15.8 Å². The SMILES string of the molecule is CC(C)(C)OC(=O)NCC(=O)Nc1ccccc1S(N)(=O)=O. The Bertz CT molecular complexity index is 664. The van der Waals surface area contributed by atoms with Crippen LogP contribution in [0.15, 0.2) is 29.2 Å². The van der Waals surface area contributed by atoms with Crippen molar-refractivity contribution in [2.24, 2.45) is 5.14 Å². The maximum absolute atomic E-state index is 11.7. The standard InChI is InChI=1S/C13H19N3O5S/c1-13(2,3)21-12(18)15-8-11(17)16-9-6-4-5-7-10(9)22(14,19)20/h4-7H,8H2,1-3H3,(H,15,18)(H,16,17)(H2,14,19,20). The maximum Gasteiger partial charge on any atom is 0.408 e. The minimum Gasteiger partial charge on any atom is -0.444 e. The predicted molar refractivity (Wildman–Crippen MR) is 80.7 cm³/mol. The highest BCUT2D eigenvalue weighted by atomic mass is 32.2. The van der Waals surface area contributed by atoms with E-state index in [0.29, 0.717) is 0 Å². The summed E-state index contributed by atoms with van der Waals surface area (Å²) in [6, 6.07) is 5.69. The molecule has 0 aromatic heterocycles. The molecule has 0 atom stereocenters. The Morgan fingerprint density at radius 2 is 1.82 bits per heavy atom. The van der Waals surface area contributed by atoms with Crippen molar-refractivity contribution in [1.82, 2.24) is 5.32 Å². The van der Waals surface area contributed by atoms with Crippen LogP contribution in [0.2, 0.25) is 0 Å². The molecule has 0 heterocycles. The number of alkyl carbamates (subject to hydrolysis) is 1. The number of rotatable bonds is 4. The summed E-state index contributed by atoms with van der Waals surface area (Å²) in [5.74, 6) is -0.609. The van der Waals surface area contributed by atoms with Crippen molar-refractivity contribution in [3.63, 3.8) is 0 Å². The van der Waals surface area contributed by atoms with Gasteiger partial charge in [0, 0.05) is 0 Å². The predicted octanol–water partition coefficient (Wildman–Crippen LogP) is 0.797. The molecule has 0 bridgehead atoms. The average Bonchev–Trinajstić information content (AvgIpc) is 2.34. The first-order valence-corrected chi connectivity index (χ1v) is 7.92. The van der Waals surface area contributed by atoms with Gasteiger partial charge < -0.3 is 15.4 Å². The molecule has 0 unspecified atom stereocenters. The van der Waals surface area contributed by atoms with Gasteiger partial charge in [0.15, 0.2) is 0 Å². The van der Waals surface area contributed by atoms with Gasteiger partial charge in [-0.1, -0.05) is 12.1 Å². The van der Waals surface area contributed by atoms with Crippen LogP contribution >= 0.6 is 0 Å². The summed E-state index contributed by atoms with van der Waals surface area (Å²) in [4.78, 5) is 22.9. The van der Waals surface area contributed by atoms with E-state index >= 15 is 0 Å². The smallest absolute Gasteiger partial charge is 0.408 e. The molecule has 9 heteroatoms. The number of carbonyl (C=O) groups is 2. The van der Waals surface area contributed by atoms with Crippen molar-refractivity contribution in [2.45, 2.75) is 31.3 Å². The summed E-state index contributed by atoms with van der Waals surface area (Å²) in [5, 5.41) is 9.69. The van der Waals surface area contributed by atoms with Gasteiger partial charge in [-0.3, -0.25) is 4.79 Å². The van der Waals surface area contributed by atoms with Crippen LogP contribution in [0.5, 0.6) is 0 Å². The van der Waals surface area contributed by atoms with Gasteiger partial charge in [-0.25, -0.2) is 18.4 Å². The van der Waals surface area contributed by atoms with Crippen molar-refractivity contribution in [1.29, 1.82) is 0 Å². The summed E-state index contributed by atoms with van der Waals surface area (Å²) >= 11 is 0. The molecule has 1 aromatic rings. The van der Waals surface area contributed by atoms with Gasteiger partial charge in [-0.15, -0.1) is 0 Å². The first-order chi connectivity index (χ1) is 9.99. The molecule has 0 aliphatic heterocycles. The van der Waals surface area contributed by atoms with E-state index in [1.54, 1.807) is 26.8 Å². The molecule has 0 radical (unpaired) electrons. The Morgan fingerprint density at radius 1 is 1.23 bits per heavy atom. The fourth-order valence-electron chi connectivity index (χ4n) is 1.48. The number of nitrogens with two attached hydrogens (primary N) is 1. The molecule has 0 aliphatic rings. The number of sulfonamides is 1. The lowest BCUT2D eigenvalue weighted by Gasteiger charge is -2.19. The highest BCUT2D eigenvalue weighted by Gasteiger charge is 2.18. The van der Waals surface area contributed by atoms with E-state index in [0.717, 1.165) is 0 Å². The molecule has 1 rings (SSSR count). The lowest BCUT2D eigenvalue weighted by atomic mass is 10.2. The monoisotopic (exact) mass is 329 g/mol. The van der Waals surface area contributed by atoms with Gasteiger partial charge in [0.1, 0.15) is 17.0 Å². The number of ether oxygens (including phenoxy) is 1. The van der Waals surface area contributed by atoms with E-state index in [4.69, 9.17) is 9.88 Å².